The molecular weight excluding hydrogens is 475 g/mol. The van der Waals surface area contributed by atoms with Crippen molar-refractivity contribution in [2.24, 2.45) is 11.1 Å². The standard InChI is InChI=1S/C28H37FN4O4/c1-28(2,3)25(27(35)36-4)31-26(34)24-22-14-13-21(37-16-8-6-5-7-15-30)17-23(22)33(32-24)18-19-9-11-20(29)12-10-19/h9-14,17,25H,5-8,15-16,18,30H2,1-4H3,(H,31,34)/t25-/m1/s1. The number of nitrogens with one attached hydrogen (secondary N) is 1. The first-order valence-electron chi connectivity index (χ1n) is 12.6. The molecule has 0 aliphatic carbocycles. The maximum Gasteiger partial charge on any atom is 0.328 e. The van der Waals surface area contributed by atoms with Crippen LogP contribution < -0.4 is 15.8 Å². The second-order valence-corrected chi connectivity index (χ2v) is 10.2. The van der Waals surface area contributed by atoms with E-state index in [1.54, 1.807) is 22.9 Å². The highest BCUT2D eigenvalue weighted by Crippen LogP contribution is 2.27. The SMILES string of the molecule is COC(=O)[C@@H](NC(=O)c1nn(Cc2ccc(F)cc2)c2cc(OCCCCCCN)ccc12)C(C)(C)C. The molecule has 37 heavy (non-hydrogen) atoms. The van der Waals surface area contributed by atoms with E-state index in [4.69, 9.17) is 15.2 Å². The zero-order chi connectivity index (χ0) is 27.0. The van der Waals surface area contributed by atoms with Gasteiger partial charge in [-0.2, -0.15) is 5.10 Å². The number of unbranched alkanes of at least 4 members (excludes halogenated alkanes) is 3. The summed E-state index contributed by atoms with van der Waals surface area (Å²) in [6.45, 7) is 7.13. The summed E-state index contributed by atoms with van der Waals surface area (Å²) >= 11 is 0. The fourth-order valence-electron chi connectivity index (χ4n) is 4.03. The molecule has 8 nitrogen and oxygen atoms in total. The molecule has 0 unspecified atom stereocenters. The second kappa shape index (κ2) is 12.7. The molecule has 0 bridgehead atoms. The molecule has 1 aromatic heterocycles. The van der Waals surface area contributed by atoms with E-state index in [2.05, 4.69) is 10.4 Å². The van der Waals surface area contributed by atoms with Gasteiger partial charge in [-0.3, -0.25) is 9.48 Å². The van der Waals surface area contributed by atoms with Crippen molar-refractivity contribution in [2.45, 2.75) is 59.0 Å². The van der Waals surface area contributed by atoms with E-state index in [1.807, 2.05) is 32.9 Å². The van der Waals surface area contributed by atoms with Gasteiger partial charge in [0.25, 0.3) is 5.91 Å². The van der Waals surface area contributed by atoms with Crippen LogP contribution in [0, 0.1) is 11.2 Å². The van der Waals surface area contributed by atoms with Gasteiger partial charge in [0.2, 0.25) is 0 Å². The fraction of sp³-hybridized carbons (Fsp3) is 0.464. The van der Waals surface area contributed by atoms with Crippen molar-refractivity contribution in [2.75, 3.05) is 20.3 Å². The average Bonchev–Trinajstić information content (AvgIpc) is 3.22. The minimum absolute atomic E-state index is 0.184. The number of nitrogens with zero attached hydrogens (tertiary/aromatic N) is 2. The number of esters is 1. The summed E-state index contributed by atoms with van der Waals surface area (Å²) in [5.74, 6) is -0.673. The van der Waals surface area contributed by atoms with Crippen LogP contribution in [0.2, 0.25) is 0 Å². The highest BCUT2D eigenvalue weighted by atomic mass is 19.1. The third-order valence-electron chi connectivity index (χ3n) is 6.13. The zero-order valence-electron chi connectivity index (χ0n) is 22.1. The Hall–Kier alpha value is -3.46. The fourth-order valence-corrected chi connectivity index (χ4v) is 4.03. The number of aromatic nitrogens is 2. The number of fused-ring (bicyclic) bond motifs is 1. The van der Waals surface area contributed by atoms with Crippen molar-refractivity contribution in [3.05, 3.63) is 59.5 Å². The lowest BCUT2D eigenvalue weighted by Gasteiger charge is -2.28. The van der Waals surface area contributed by atoms with Crippen molar-refractivity contribution in [1.29, 1.82) is 0 Å². The Bertz CT molecular complexity index is 1200. The van der Waals surface area contributed by atoms with Crippen molar-refractivity contribution >= 4 is 22.8 Å². The molecule has 3 N–H and O–H groups in total. The molecule has 1 atom stereocenters. The molecule has 3 rings (SSSR count). The average molecular weight is 513 g/mol. The molecule has 9 heteroatoms. The first-order chi connectivity index (χ1) is 17.6. The molecule has 1 heterocycles. The number of amides is 1. The third kappa shape index (κ3) is 7.52. The van der Waals surface area contributed by atoms with Crippen molar-refractivity contribution in [3.8, 4) is 5.75 Å². The normalized spacial score (nSPS) is 12.4. The summed E-state index contributed by atoms with van der Waals surface area (Å²) in [5, 5.41) is 8.00. The summed E-state index contributed by atoms with van der Waals surface area (Å²) < 4.78 is 26.0. The Morgan fingerprint density at radius 1 is 1.08 bits per heavy atom. The van der Waals surface area contributed by atoms with Gasteiger partial charge < -0.3 is 20.5 Å². The number of carbonyl (C=O) groups is 2. The van der Waals surface area contributed by atoms with E-state index < -0.39 is 23.3 Å². The molecule has 200 valence electrons. The van der Waals surface area contributed by atoms with E-state index >= 15 is 0 Å². The Kier molecular flexibility index (Phi) is 9.63. The third-order valence-corrected chi connectivity index (χ3v) is 6.13. The van der Waals surface area contributed by atoms with Crippen LogP contribution in [0.15, 0.2) is 42.5 Å². The number of halogens is 1. The number of ether oxygens (including phenoxy) is 2. The first-order valence-corrected chi connectivity index (χ1v) is 12.6. The van der Waals surface area contributed by atoms with Gasteiger partial charge in [0.05, 0.1) is 25.8 Å². The van der Waals surface area contributed by atoms with Gasteiger partial charge in [-0.15, -0.1) is 0 Å². The molecule has 0 radical (unpaired) electrons. The van der Waals surface area contributed by atoms with E-state index in [-0.39, 0.29) is 11.5 Å². The van der Waals surface area contributed by atoms with Gasteiger partial charge in [-0.1, -0.05) is 45.7 Å². The van der Waals surface area contributed by atoms with Crippen molar-refractivity contribution in [3.63, 3.8) is 0 Å². The molecule has 1 amide bonds. The molecule has 0 aliphatic rings. The monoisotopic (exact) mass is 512 g/mol. The number of rotatable bonds is 12. The largest absolute Gasteiger partial charge is 0.494 e. The van der Waals surface area contributed by atoms with Crippen LogP contribution in [0.5, 0.6) is 5.75 Å². The molecule has 0 spiro atoms. The van der Waals surface area contributed by atoms with Crippen LogP contribution >= 0.6 is 0 Å². The number of methoxy groups -OCH3 is 1. The summed E-state index contributed by atoms with van der Waals surface area (Å²) in [6, 6.07) is 10.7. The first kappa shape index (κ1) is 28.1. The molecule has 0 aliphatic heterocycles. The van der Waals surface area contributed by atoms with Crippen molar-refractivity contribution in [1.82, 2.24) is 15.1 Å². The van der Waals surface area contributed by atoms with E-state index in [0.29, 0.717) is 36.3 Å². The number of hydrogen-bond acceptors (Lipinski definition) is 6. The number of benzene rings is 2. The summed E-state index contributed by atoms with van der Waals surface area (Å²) in [5.41, 5.74) is 6.68. The van der Waals surface area contributed by atoms with Crippen LogP contribution in [0.1, 0.15) is 62.5 Å². The lowest BCUT2D eigenvalue weighted by molar-refractivity contribution is -0.145. The molecule has 3 aromatic rings. The maximum absolute atomic E-state index is 13.4. The molecule has 0 saturated heterocycles. The maximum atomic E-state index is 13.4. The highest BCUT2D eigenvalue weighted by molar-refractivity contribution is 6.06. The predicted octanol–water partition coefficient (Wildman–Crippen LogP) is 4.44. The Balaban J connectivity index is 1.91. The van der Waals surface area contributed by atoms with Crippen LogP contribution in [-0.4, -0.2) is 48.0 Å². The van der Waals surface area contributed by atoms with Crippen molar-refractivity contribution < 1.29 is 23.5 Å². The molecule has 0 saturated carbocycles. The van der Waals surface area contributed by atoms with Gasteiger partial charge in [0, 0.05) is 11.5 Å². The van der Waals surface area contributed by atoms with Gasteiger partial charge in [0.15, 0.2) is 5.69 Å². The van der Waals surface area contributed by atoms with E-state index in [0.717, 1.165) is 31.2 Å². The lowest BCUT2D eigenvalue weighted by atomic mass is 9.86. The van der Waals surface area contributed by atoms with E-state index in [9.17, 15) is 14.0 Å². The summed E-state index contributed by atoms with van der Waals surface area (Å²) in [7, 11) is 1.29. The smallest absolute Gasteiger partial charge is 0.328 e. The topological polar surface area (TPSA) is 108 Å². The lowest BCUT2D eigenvalue weighted by Crippen LogP contribution is -2.49. The highest BCUT2D eigenvalue weighted by Gasteiger charge is 2.35. The molecule has 2 aromatic carbocycles. The minimum atomic E-state index is -0.857. The Labute approximate surface area is 217 Å². The Morgan fingerprint density at radius 2 is 1.78 bits per heavy atom. The van der Waals surface area contributed by atoms with Crippen LogP contribution in [-0.2, 0) is 16.1 Å². The summed E-state index contributed by atoms with van der Waals surface area (Å²) in [6.07, 6.45) is 4.04. The predicted molar refractivity (Wildman–Crippen MR) is 141 cm³/mol. The van der Waals surface area contributed by atoms with Gasteiger partial charge in [-0.05, 0) is 54.6 Å². The minimum Gasteiger partial charge on any atom is -0.494 e. The number of carbonyl (C=O) groups excluding carboxylic acids is 2. The molecular formula is C28H37FN4O4. The summed E-state index contributed by atoms with van der Waals surface area (Å²) in [4.78, 5) is 25.7. The number of hydrogen-bond donors (Lipinski definition) is 2. The van der Waals surface area contributed by atoms with Crippen LogP contribution in [0.4, 0.5) is 4.39 Å². The second-order valence-electron chi connectivity index (χ2n) is 10.2. The van der Waals surface area contributed by atoms with Crippen LogP contribution in [0.3, 0.4) is 0 Å². The van der Waals surface area contributed by atoms with Gasteiger partial charge in [-0.25, -0.2) is 9.18 Å². The van der Waals surface area contributed by atoms with Crippen LogP contribution in [0.25, 0.3) is 10.9 Å². The van der Waals surface area contributed by atoms with E-state index in [1.165, 1.54) is 19.2 Å². The zero-order valence-corrected chi connectivity index (χ0v) is 22.1. The van der Waals surface area contributed by atoms with Gasteiger partial charge >= 0.3 is 5.97 Å². The number of nitrogens with two attached hydrogens (primary N) is 1. The molecule has 0 fully saturated rings. The van der Waals surface area contributed by atoms with Gasteiger partial charge in [0.1, 0.15) is 17.6 Å². The quantitative estimate of drug-likeness (QED) is 0.274. The Morgan fingerprint density at radius 3 is 2.43 bits per heavy atom.